The Morgan fingerprint density at radius 3 is 2.68 bits per heavy atom. The SMILES string of the molecule is CCn1c(=O)[nH]c(=O)c2c(-c3ccccc3OC)cc[nH+]c21. The largest absolute Gasteiger partial charge is 0.496 e. The molecule has 0 radical (unpaired) electrons. The number of hydrogen-bond acceptors (Lipinski definition) is 3. The van der Waals surface area contributed by atoms with Gasteiger partial charge in [-0.2, -0.15) is 4.57 Å². The fourth-order valence-electron chi connectivity index (χ4n) is 2.65. The van der Waals surface area contributed by atoms with E-state index in [0.29, 0.717) is 23.3 Å². The molecule has 2 N–H and O–H groups in total. The van der Waals surface area contributed by atoms with E-state index in [1.807, 2.05) is 31.2 Å². The standard InChI is InChI=1S/C16H15N3O3/c1-3-19-14-13(15(20)18-16(19)21)11(8-9-17-14)10-6-4-5-7-12(10)22-2/h4-9H,3H2,1-2H3,(H,18,20,21)/p+1. The van der Waals surface area contributed by atoms with Crippen LogP contribution in [0.1, 0.15) is 6.92 Å². The van der Waals surface area contributed by atoms with Gasteiger partial charge in [-0.25, -0.2) is 9.78 Å². The summed E-state index contributed by atoms with van der Waals surface area (Å²) in [4.78, 5) is 29.6. The van der Waals surface area contributed by atoms with Crippen molar-refractivity contribution in [3.8, 4) is 16.9 Å². The third kappa shape index (κ3) is 2.09. The van der Waals surface area contributed by atoms with E-state index in [1.54, 1.807) is 19.4 Å². The van der Waals surface area contributed by atoms with Crippen molar-refractivity contribution in [2.75, 3.05) is 7.11 Å². The van der Waals surface area contributed by atoms with Gasteiger partial charge in [0.1, 0.15) is 11.1 Å². The summed E-state index contributed by atoms with van der Waals surface area (Å²) >= 11 is 0. The zero-order chi connectivity index (χ0) is 15.7. The highest BCUT2D eigenvalue weighted by Gasteiger charge is 2.19. The van der Waals surface area contributed by atoms with Crippen molar-refractivity contribution in [1.82, 2.24) is 9.55 Å². The molecule has 0 aliphatic rings. The summed E-state index contributed by atoms with van der Waals surface area (Å²) in [6, 6.07) is 9.27. The number of aromatic nitrogens is 3. The van der Waals surface area contributed by atoms with Crippen molar-refractivity contribution in [2.45, 2.75) is 13.5 Å². The average molecular weight is 298 g/mol. The molecule has 2 aromatic heterocycles. The number of benzene rings is 1. The minimum atomic E-state index is -0.423. The highest BCUT2D eigenvalue weighted by molar-refractivity contribution is 5.92. The number of para-hydroxylation sites is 1. The van der Waals surface area contributed by atoms with Gasteiger partial charge in [-0.15, -0.1) is 0 Å². The van der Waals surface area contributed by atoms with Crippen molar-refractivity contribution < 1.29 is 9.72 Å². The molecule has 6 heteroatoms. The number of nitrogens with zero attached hydrogens (tertiary/aromatic N) is 1. The monoisotopic (exact) mass is 298 g/mol. The fourth-order valence-corrected chi connectivity index (χ4v) is 2.65. The predicted molar refractivity (Wildman–Crippen MR) is 83.0 cm³/mol. The van der Waals surface area contributed by atoms with Gasteiger partial charge in [0.2, 0.25) is 0 Å². The van der Waals surface area contributed by atoms with Crippen molar-refractivity contribution in [2.24, 2.45) is 0 Å². The van der Waals surface area contributed by atoms with Crippen LogP contribution in [0.25, 0.3) is 22.2 Å². The number of nitrogens with one attached hydrogen (secondary N) is 2. The quantitative estimate of drug-likeness (QED) is 0.789. The minimum absolute atomic E-state index is 0.414. The van der Waals surface area contributed by atoms with E-state index in [4.69, 9.17) is 4.74 Å². The van der Waals surface area contributed by atoms with Gasteiger partial charge in [0.05, 0.1) is 19.9 Å². The van der Waals surface area contributed by atoms with E-state index in [-0.39, 0.29) is 0 Å². The van der Waals surface area contributed by atoms with E-state index in [1.165, 1.54) is 4.57 Å². The molecule has 0 fully saturated rings. The molecule has 0 saturated carbocycles. The zero-order valence-electron chi connectivity index (χ0n) is 12.3. The summed E-state index contributed by atoms with van der Waals surface area (Å²) in [5, 5.41) is 0.438. The Bertz CT molecular complexity index is 957. The van der Waals surface area contributed by atoms with Gasteiger partial charge in [-0.05, 0) is 19.1 Å². The lowest BCUT2D eigenvalue weighted by atomic mass is 10.0. The summed E-state index contributed by atoms with van der Waals surface area (Å²) in [5.74, 6) is 0.670. The van der Waals surface area contributed by atoms with Crippen LogP contribution in [0.3, 0.4) is 0 Å². The lowest BCUT2D eigenvalue weighted by Crippen LogP contribution is -2.33. The zero-order valence-corrected chi connectivity index (χ0v) is 12.3. The van der Waals surface area contributed by atoms with Crippen LogP contribution in [-0.4, -0.2) is 16.7 Å². The molecule has 0 amide bonds. The number of rotatable bonds is 3. The number of hydrogen-bond donors (Lipinski definition) is 1. The first kappa shape index (κ1) is 14.1. The Hall–Kier alpha value is -2.89. The third-order valence-corrected chi connectivity index (χ3v) is 3.65. The summed E-state index contributed by atoms with van der Waals surface area (Å²) in [6.45, 7) is 2.31. The summed E-state index contributed by atoms with van der Waals surface area (Å²) < 4.78 is 6.87. The molecule has 3 rings (SSSR count). The predicted octanol–water partition coefficient (Wildman–Crippen LogP) is 1.20. The van der Waals surface area contributed by atoms with Crippen molar-refractivity contribution in [3.63, 3.8) is 0 Å². The molecule has 1 aromatic carbocycles. The molecule has 0 aliphatic carbocycles. The Balaban J connectivity index is 2.47. The maximum absolute atomic E-state index is 12.3. The molecule has 2 heterocycles. The van der Waals surface area contributed by atoms with Crippen molar-refractivity contribution in [3.05, 3.63) is 57.4 Å². The van der Waals surface area contributed by atoms with E-state index in [9.17, 15) is 9.59 Å². The second kappa shape index (κ2) is 5.48. The highest BCUT2D eigenvalue weighted by atomic mass is 16.5. The average Bonchev–Trinajstić information content (AvgIpc) is 2.54. The van der Waals surface area contributed by atoms with E-state index >= 15 is 0 Å². The maximum atomic E-state index is 12.3. The number of ether oxygens (including phenoxy) is 1. The van der Waals surface area contributed by atoms with Crippen molar-refractivity contribution in [1.29, 1.82) is 0 Å². The molecular formula is C16H16N3O3+. The number of aromatic amines is 2. The lowest BCUT2D eigenvalue weighted by molar-refractivity contribution is -0.349. The first-order valence-electron chi connectivity index (χ1n) is 6.98. The number of fused-ring (bicyclic) bond motifs is 1. The van der Waals surface area contributed by atoms with Gasteiger partial charge in [0, 0.05) is 11.1 Å². The first-order chi connectivity index (χ1) is 10.7. The second-order valence-corrected chi connectivity index (χ2v) is 4.82. The summed E-state index contributed by atoms with van der Waals surface area (Å²) in [7, 11) is 1.59. The van der Waals surface area contributed by atoms with Crippen LogP contribution in [0.5, 0.6) is 5.75 Å². The fraction of sp³-hybridized carbons (Fsp3) is 0.188. The molecule has 112 valence electrons. The summed E-state index contributed by atoms with van der Waals surface area (Å²) in [5.41, 5.74) is 1.18. The Morgan fingerprint density at radius 1 is 1.18 bits per heavy atom. The second-order valence-electron chi connectivity index (χ2n) is 4.82. The van der Waals surface area contributed by atoms with Gasteiger partial charge < -0.3 is 4.74 Å². The van der Waals surface area contributed by atoms with Crippen LogP contribution >= 0.6 is 0 Å². The van der Waals surface area contributed by atoms with Gasteiger partial charge in [0.15, 0.2) is 0 Å². The minimum Gasteiger partial charge on any atom is -0.496 e. The topological polar surface area (TPSA) is 78.2 Å². The van der Waals surface area contributed by atoms with E-state index < -0.39 is 11.2 Å². The molecular weight excluding hydrogens is 282 g/mol. The van der Waals surface area contributed by atoms with Crippen LogP contribution in [0.2, 0.25) is 0 Å². The molecule has 0 aliphatic heterocycles. The molecule has 0 bridgehead atoms. The van der Waals surface area contributed by atoms with Gasteiger partial charge in [-0.1, -0.05) is 18.2 Å². The molecule has 6 nitrogen and oxygen atoms in total. The van der Waals surface area contributed by atoms with Crippen LogP contribution in [0, 0.1) is 0 Å². The van der Waals surface area contributed by atoms with Crippen LogP contribution in [0.15, 0.2) is 46.1 Å². The maximum Gasteiger partial charge on any atom is 0.415 e. The van der Waals surface area contributed by atoms with Crippen LogP contribution in [0.4, 0.5) is 0 Å². The van der Waals surface area contributed by atoms with Crippen LogP contribution < -0.4 is 21.0 Å². The van der Waals surface area contributed by atoms with Crippen molar-refractivity contribution >= 4 is 11.0 Å². The molecule has 0 unspecified atom stereocenters. The molecule has 0 saturated heterocycles. The Kier molecular flexibility index (Phi) is 3.50. The number of pyridine rings is 1. The Morgan fingerprint density at radius 2 is 1.95 bits per heavy atom. The summed E-state index contributed by atoms with van der Waals surface area (Å²) in [6.07, 6.45) is 1.72. The first-order valence-corrected chi connectivity index (χ1v) is 6.98. The smallest absolute Gasteiger partial charge is 0.415 e. The third-order valence-electron chi connectivity index (χ3n) is 3.65. The molecule has 0 spiro atoms. The number of methoxy groups -OCH3 is 1. The van der Waals surface area contributed by atoms with Crippen LogP contribution in [-0.2, 0) is 6.54 Å². The number of H-pyrrole nitrogens is 2. The van der Waals surface area contributed by atoms with Gasteiger partial charge in [-0.3, -0.25) is 9.78 Å². The van der Waals surface area contributed by atoms with Gasteiger partial charge >= 0.3 is 5.69 Å². The van der Waals surface area contributed by atoms with E-state index in [2.05, 4.69) is 9.97 Å². The normalized spacial score (nSPS) is 10.8. The van der Waals surface area contributed by atoms with E-state index in [0.717, 1.165) is 11.1 Å². The molecule has 3 aromatic rings. The Labute approximate surface area is 126 Å². The highest BCUT2D eigenvalue weighted by Crippen LogP contribution is 2.31. The van der Waals surface area contributed by atoms with Gasteiger partial charge in [0.25, 0.3) is 11.2 Å². The molecule has 0 atom stereocenters. The molecule has 22 heavy (non-hydrogen) atoms. The lowest BCUT2D eigenvalue weighted by Gasteiger charge is -2.09. The number of aryl methyl sites for hydroxylation is 1.